The van der Waals surface area contributed by atoms with Crippen LogP contribution < -0.4 is 15.4 Å². The van der Waals surface area contributed by atoms with Gasteiger partial charge in [-0.05, 0) is 106 Å². The minimum Gasteiger partial charge on any atom is -0.489 e. The van der Waals surface area contributed by atoms with Crippen molar-refractivity contribution in [3.05, 3.63) is 113 Å². The average Bonchev–Trinajstić information content (AvgIpc) is 3.10. The molecule has 2 aliphatic rings. The van der Waals surface area contributed by atoms with Crippen molar-refractivity contribution in [2.45, 2.75) is 83.6 Å². The second-order valence-electron chi connectivity index (χ2n) is 13.7. The molecule has 9 heteroatoms. The second-order valence-corrected chi connectivity index (χ2v) is 13.7. The number of aryl methyl sites for hydroxylation is 1. The summed E-state index contributed by atoms with van der Waals surface area (Å²) in [5, 5.41) is 6.08. The van der Waals surface area contributed by atoms with E-state index in [1.165, 1.54) is 12.7 Å². The third kappa shape index (κ3) is 9.59. The molecule has 49 heavy (non-hydrogen) atoms. The summed E-state index contributed by atoms with van der Waals surface area (Å²) in [6, 6.07) is 21.6. The van der Waals surface area contributed by atoms with Gasteiger partial charge in [0.1, 0.15) is 18.0 Å². The lowest BCUT2D eigenvalue weighted by molar-refractivity contribution is -0.135. The number of ether oxygens (including phenoxy) is 3. The fourth-order valence-electron chi connectivity index (χ4n) is 6.51. The zero-order chi connectivity index (χ0) is 35.0. The molecule has 0 fully saturated rings. The van der Waals surface area contributed by atoms with E-state index in [-0.39, 0.29) is 24.2 Å². The Morgan fingerprint density at radius 1 is 0.857 bits per heavy atom. The van der Waals surface area contributed by atoms with Gasteiger partial charge in [0.2, 0.25) is 5.91 Å². The van der Waals surface area contributed by atoms with E-state index in [2.05, 4.69) is 22.8 Å². The van der Waals surface area contributed by atoms with E-state index in [1.807, 2.05) is 48.6 Å². The number of allylic oxidation sites excluding steroid dienone is 2. The molecule has 0 saturated heterocycles. The maximum Gasteiger partial charge on any atom is 0.408 e. The van der Waals surface area contributed by atoms with Gasteiger partial charge in [0.25, 0.3) is 0 Å². The number of carbonyl (C=O) groups is 4. The zero-order valence-corrected chi connectivity index (χ0v) is 28.7. The first-order valence-corrected chi connectivity index (χ1v) is 17.0. The molecular weight excluding hydrogens is 620 g/mol. The molecule has 5 rings (SSSR count). The molecule has 0 radical (unpaired) electrons. The van der Waals surface area contributed by atoms with Crippen LogP contribution >= 0.6 is 0 Å². The normalized spacial score (nSPS) is 19.1. The number of hydrogen-bond donors (Lipinski definition) is 2. The molecule has 0 heterocycles. The Labute approximate surface area is 288 Å². The molecule has 3 aromatic carbocycles. The van der Waals surface area contributed by atoms with Crippen molar-refractivity contribution in [3.8, 4) is 5.75 Å². The summed E-state index contributed by atoms with van der Waals surface area (Å²) in [5.74, 6) is -1.26. The SMILES string of the molecule is COC(=O)c1ccc(COc2ccc(C[C@H](NC(=O)OC(C)(C)C)C(=O)[C@H]3CC=CC[C@@H]3C(=O)N[C@@H]3CCCc4ccccc43)cc2)cc1. The van der Waals surface area contributed by atoms with Crippen LogP contribution in [0, 0.1) is 11.8 Å². The van der Waals surface area contributed by atoms with Crippen molar-refractivity contribution in [3.63, 3.8) is 0 Å². The number of carbonyl (C=O) groups excluding carboxylic acids is 4. The number of Topliss-reactive ketones (excluding diaryl/α,β-unsaturated/α-hetero) is 1. The van der Waals surface area contributed by atoms with Crippen LogP contribution in [0.15, 0.2) is 84.9 Å². The van der Waals surface area contributed by atoms with Gasteiger partial charge < -0.3 is 24.8 Å². The van der Waals surface area contributed by atoms with Crippen molar-refractivity contribution in [1.82, 2.24) is 10.6 Å². The van der Waals surface area contributed by atoms with E-state index in [0.717, 1.165) is 36.0 Å². The molecule has 3 aromatic rings. The minimum absolute atomic E-state index is 0.0882. The highest BCUT2D eigenvalue weighted by Gasteiger charge is 2.39. The summed E-state index contributed by atoms with van der Waals surface area (Å²) < 4.78 is 16.2. The lowest BCUT2D eigenvalue weighted by Crippen LogP contribution is -2.50. The van der Waals surface area contributed by atoms with Gasteiger partial charge in [0, 0.05) is 5.92 Å². The van der Waals surface area contributed by atoms with Gasteiger partial charge in [-0.15, -0.1) is 0 Å². The molecule has 0 spiro atoms. The van der Waals surface area contributed by atoms with Gasteiger partial charge in [-0.1, -0.05) is 60.7 Å². The van der Waals surface area contributed by atoms with E-state index < -0.39 is 35.5 Å². The lowest BCUT2D eigenvalue weighted by Gasteiger charge is -2.33. The molecule has 0 bridgehead atoms. The molecule has 0 aliphatic heterocycles. The predicted molar refractivity (Wildman–Crippen MR) is 186 cm³/mol. The maximum atomic E-state index is 14.3. The van der Waals surface area contributed by atoms with E-state index >= 15 is 0 Å². The van der Waals surface area contributed by atoms with Gasteiger partial charge in [0.15, 0.2) is 5.78 Å². The molecule has 2 amide bonds. The second kappa shape index (κ2) is 16.0. The van der Waals surface area contributed by atoms with Crippen LogP contribution in [0.1, 0.15) is 85.1 Å². The molecule has 2 N–H and O–H groups in total. The number of esters is 1. The third-order valence-corrected chi connectivity index (χ3v) is 9.00. The summed E-state index contributed by atoms with van der Waals surface area (Å²) in [7, 11) is 1.34. The van der Waals surface area contributed by atoms with Gasteiger partial charge >= 0.3 is 12.1 Å². The summed E-state index contributed by atoms with van der Waals surface area (Å²) >= 11 is 0. The lowest BCUT2D eigenvalue weighted by atomic mass is 9.76. The summed E-state index contributed by atoms with van der Waals surface area (Å²) in [6.45, 7) is 5.61. The van der Waals surface area contributed by atoms with E-state index in [0.29, 0.717) is 30.8 Å². The Kier molecular flexibility index (Phi) is 11.5. The van der Waals surface area contributed by atoms with Gasteiger partial charge in [-0.25, -0.2) is 9.59 Å². The Morgan fingerprint density at radius 2 is 1.53 bits per heavy atom. The highest BCUT2D eigenvalue weighted by atomic mass is 16.6. The molecule has 0 saturated carbocycles. The third-order valence-electron chi connectivity index (χ3n) is 9.00. The zero-order valence-electron chi connectivity index (χ0n) is 28.7. The molecule has 9 nitrogen and oxygen atoms in total. The number of methoxy groups -OCH3 is 1. The van der Waals surface area contributed by atoms with E-state index in [9.17, 15) is 19.2 Å². The highest BCUT2D eigenvalue weighted by molar-refractivity contribution is 5.94. The summed E-state index contributed by atoms with van der Waals surface area (Å²) in [5.41, 5.74) is 3.81. The highest BCUT2D eigenvalue weighted by Crippen LogP contribution is 2.33. The van der Waals surface area contributed by atoms with Crippen LogP contribution in [0.3, 0.4) is 0 Å². The van der Waals surface area contributed by atoms with Crippen LogP contribution in [0.4, 0.5) is 4.79 Å². The Bertz CT molecular complexity index is 1660. The first-order chi connectivity index (χ1) is 23.5. The number of ketones is 1. The van der Waals surface area contributed by atoms with E-state index in [4.69, 9.17) is 14.2 Å². The molecule has 4 atom stereocenters. The van der Waals surface area contributed by atoms with Crippen LogP contribution in [-0.2, 0) is 38.5 Å². The van der Waals surface area contributed by atoms with Crippen molar-refractivity contribution < 1.29 is 33.4 Å². The first kappa shape index (κ1) is 35.4. The van der Waals surface area contributed by atoms with Crippen molar-refractivity contribution in [2.75, 3.05) is 7.11 Å². The Hall–Kier alpha value is -4.92. The number of fused-ring (bicyclic) bond motifs is 1. The number of alkyl carbamates (subject to hydrolysis) is 1. The van der Waals surface area contributed by atoms with Gasteiger partial charge in [-0.2, -0.15) is 0 Å². The topological polar surface area (TPSA) is 120 Å². The molecule has 0 aromatic heterocycles. The largest absolute Gasteiger partial charge is 0.489 e. The fraction of sp³-hybridized carbons (Fsp3) is 0.400. The Balaban J connectivity index is 1.28. The van der Waals surface area contributed by atoms with Crippen molar-refractivity contribution in [1.29, 1.82) is 0 Å². The van der Waals surface area contributed by atoms with Crippen LogP contribution in [0.2, 0.25) is 0 Å². The summed E-state index contributed by atoms with van der Waals surface area (Å²) in [6.07, 6.45) is 7.15. The number of hydrogen-bond acceptors (Lipinski definition) is 7. The minimum atomic E-state index is -0.905. The van der Waals surface area contributed by atoms with Crippen molar-refractivity contribution >= 4 is 23.8 Å². The molecule has 258 valence electrons. The first-order valence-electron chi connectivity index (χ1n) is 17.0. The van der Waals surface area contributed by atoms with Crippen molar-refractivity contribution in [2.24, 2.45) is 11.8 Å². The predicted octanol–water partition coefficient (Wildman–Crippen LogP) is 6.83. The van der Waals surface area contributed by atoms with Crippen LogP contribution in [-0.4, -0.2) is 42.5 Å². The fourth-order valence-corrected chi connectivity index (χ4v) is 6.51. The van der Waals surface area contributed by atoms with Gasteiger partial charge in [-0.3, -0.25) is 9.59 Å². The number of nitrogens with one attached hydrogen (secondary N) is 2. The molecular formula is C40H46N2O7. The quantitative estimate of drug-likeness (QED) is 0.170. The van der Waals surface area contributed by atoms with Gasteiger partial charge in [0.05, 0.1) is 30.7 Å². The van der Waals surface area contributed by atoms with E-state index in [1.54, 1.807) is 45.0 Å². The Morgan fingerprint density at radius 3 is 2.22 bits per heavy atom. The number of benzene rings is 3. The summed E-state index contributed by atoms with van der Waals surface area (Å²) in [4.78, 5) is 52.7. The molecule has 2 aliphatic carbocycles. The average molecular weight is 667 g/mol. The van der Waals surface area contributed by atoms with Crippen LogP contribution in [0.25, 0.3) is 0 Å². The van der Waals surface area contributed by atoms with Crippen LogP contribution in [0.5, 0.6) is 5.75 Å². The smallest absolute Gasteiger partial charge is 0.408 e. The number of rotatable bonds is 11. The maximum absolute atomic E-state index is 14.3. The molecule has 0 unspecified atom stereocenters. The standard InChI is InChI=1S/C40H46N2O7/c1-40(2,3)49-39(46)42-35(24-26-18-22-30(23-19-26)48-25-27-16-20-29(21-17-27)38(45)47-4)36(43)32-13-7-8-14-33(32)37(44)41-34-15-9-11-28-10-5-6-12-31(28)34/h5-8,10,12,16-23,32-35H,9,11,13-15,24-25H2,1-4H3,(H,41,44)(H,42,46)/t32-,33-,34+,35-/m0/s1. The monoisotopic (exact) mass is 666 g/mol. The number of amides is 2.